The molecule has 1 fully saturated rings. The Morgan fingerprint density at radius 2 is 2.17 bits per heavy atom. The van der Waals surface area contributed by atoms with Crippen molar-refractivity contribution in [1.29, 1.82) is 0 Å². The van der Waals surface area contributed by atoms with Crippen LogP contribution >= 0.6 is 0 Å². The molecule has 1 saturated carbocycles. The molecule has 23 heavy (non-hydrogen) atoms. The molecule has 7 heteroatoms. The molecule has 0 bridgehead atoms. The van der Waals surface area contributed by atoms with Crippen molar-refractivity contribution in [3.8, 4) is 5.75 Å². The zero-order chi connectivity index (χ0) is 16.8. The maximum Gasteiger partial charge on any atom is 0.431 e. The van der Waals surface area contributed by atoms with Crippen LogP contribution in [0.15, 0.2) is 31.0 Å². The van der Waals surface area contributed by atoms with Gasteiger partial charge in [0.2, 0.25) is 0 Å². The first kappa shape index (κ1) is 15.9. The maximum atomic E-state index is 13.3. The van der Waals surface area contributed by atoms with Gasteiger partial charge in [-0.15, -0.1) is 0 Å². The van der Waals surface area contributed by atoms with Crippen LogP contribution in [0.4, 0.5) is 13.2 Å². The van der Waals surface area contributed by atoms with E-state index in [0.717, 1.165) is 10.5 Å². The Labute approximate surface area is 131 Å². The Hall–Kier alpha value is -2.02. The maximum absolute atomic E-state index is 13.3. The number of nitrogens with zero attached hydrogens (tertiary/aromatic N) is 2. The summed E-state index contributed by atoms with van der Waals surface area (Å²) in [6.45, 7) is 5.30. The first-order valence-electron chi connectivity index (χ1n) is 7.26. The molecule has 4 nitrogen and oxygen atoms in total. The van der Waals surface area contributed by atoms with E-state index in [1.54, 1.807) is 6.92 Å². The molecule has 124 valence electrons. The molecule has 1 N–H and O–H groups in total. The number of imidazole rings is 1. The van der Waals surface area contributed by atoms with Crippen molar-refractivity contribution in [2.75, 3.05) is 6.61 Å². The molecule has 1 aliphatic carbocycles. The highest BCUT2D eigenvalue weighted by Crippen LogP contribution is 2.44. The first-order chi connectivity index (χ1) is 10.7. The highest BCUT2D eigenvalue weighted by atomic mass is 19.4. The number of halogens is 3. The summed E-state index contributed by atoms with van der Waals surface area (Å²) in [7, 11) is 0. The second-order valence-corrected chi connectivity index (χ2v) is 6.17. The Bertz CT molecular complexity index is 742. The summed E-state index contributed by atoms with van der Waals surface area (Å²) >= 11 is 0. The fourth-order valence-electron chi connectivity index (χ4n) is 2.95. The van der Waals surface area contributed by atoms with E-state index in [4.69, 9.17) is 4.74 Å². The molecule has 0 spiro atoms. The summed E-state index contributed by atoms with van der Waals surface area (Å²) in [6.07, 6.45) is -0.661. The van der Waals surface area contributed by atoms with Gasteiger partial charge in [-0.1, -0.05) is 12.7 Å². The molecule has 0 saturated heterocycles. The van der Waals surface area contributed by atoms with Crippen molar-refractivity contribution < 1.29 is 23.0 Å². The minimum absolute atomic E-state index is 0.0245. The number of fused-ring (bicyclic) bond motifs is 1. The Morgan fingerprint density at radius 3 is 2.74 bits per heavy atom. The van der Waals surface area contributed by atoms with E-state index in [0.29, 0.717) is 18.5 Å². The van der Waals surface area contributed by atoms with Crippen LogP contribution in [0.2, 0.25) is 0 Å². The standard InChI is InChI=1S/C16H17F3N2O2/c1-3-4-23-11-5-13(16(17,18)19)21-9-12(20-14(21)6-11)10-7-15(2,22)8-10/h3,5-6,9-10,22H,1,4,7-8H2,2H3. The van der Waals surface area contributed by atoms with Crippen LogP contribution in [0.1, 0.15) is 37.1 Å². The van der Waals surface area contributed by atoms with Crippen LogP contribution in [0.25, 0.3) is 5.65 Å². The average molecular weight is 326 g/mol. The van der Waals surface area contributed by atoms with E-state index in [9.17, 15) is 18.3 Å². The summed E-state index contributed by atoms with van der Waals surface area (Å²) in [4.78, 5) is 4.29. The topological polar surface area (TPSA) is 46.8 Å². The van der Waals surface area contributed by atoms with Gasteiger partial charge in [0, 0.05) is 24.2 Å². The largest absolute Gasteiger partial charge is 0.489 e. The lowest BCUT2D eigenvalue weighted by molar-refractivity contribution is -0.142. The molecule has 0 aromatic carbocycles. The molecule has 0 aliphatic heterocycles. The number of alkyl halides is 3. The predicted octanol–water partition coefficient (Wildman–Crippen LogP) is 3.55. The zero-order valence-corrected chi connectivity index (χ0v) is 12.6. The van der Waals surface area contributed by atoms with Gasteiger partial charge in [0.1, 0.15) is 23.7 Å². The van der Waals surface area contributed by atoms with Crippen molar-refractivity contribution in [3.05, 3.63) is 42.4 Å². The van der Waals surface area contributed by atoms with E-state index < -0.39 is 17.5 Å². The third kappa shape index (κ3) is 3.06. The number of aromatic nitrogens is 2. The van der Waals surface area contributed by atoms with Crippen molar-refractivity contribution in [2.24, 2.45) is 0 Å². The minimum Gasteiger partial charge on any atom is -0.489 e. The van der Waals surface area contributed by atoms with Crippen molar-refractivity contribution in [3.63, 3.8) is 0 Å². The highest BCUT2D eigenvalue weighted by Gasteiger charge is 2.41. The van der Waals surface area contributed by atoms with Gasteiger partial charge in [0.25, 0.3) is 0 Å². The van der Waals surface area contributed by atoms with Gasteiger partial charge in [0.15, 0.2) is 0 Å². The summed E-state index contributed by atoms with van der Waals surface area (Å²) in [5, 5.41) is 9.80. The smallest absolute Gasteiger partial charge is 0.431 e. The molecule has 0 radical (unpaired) electrons. The second kappa shape index (κ2) is 5.26. The zero-order valence-electron chi connectivity index (χ0n) is 12.6. The minimum atomic E-state index is -4.52. The molecule has 3 rings (SSSR count). The molecule has 1 aliphatic rings. The molecule has 2 aromatic heterocycles. The molecule has 2 aromatic rings. The average Bonchev–Trinajstić information content (AvgIpc) is 2.83. The Balaban J connectivity index is 2.03. The van der Waals surface area contributed by atoms with E-state index in [1.807, 2.05) is 0 Å². The van der Waals surface area contributed by atoms with Crippen LogP contribution < -0.4 is 4.74 Å². The normalized spacial score (nSPS) is 24.5. The molecule has 2 heterocycles. The molecule has 0 amide bonds. The Morgan fingerprint density at radius 1 is 1.48 bits per heavy atom. The number of rotatable bonds is 4. The fraction of sp³-hybridized carbons (Fsp3) is 0.438. The van der Waals surface area contributed by atoms with Crippen LogP contribution in [0.5, 0.6) is 5.75 Å². The Kier molecular flexibility index (Phi) is 3.63. The lowest BCUT2D eigenvalue weighted by Crippen LogP contribution is -2.39. The van der Waals surface area contributed by atoms with Crippen LogP contribution in [-0.2, 0) is 6.18 Å². The van der Waals surface area contributed by atoms with Gasteiger partial charge in [-0.3, -0.25) is 4.40 Å². The lowest BCUT2D eigenvalue weighted by Gasteiger charge is -2.39. The van der Waals surface area contributed by atoms with E-state index >= 15 is 0 Å². The summed E-state index contributed by atoms with van der Waals surface area (Å²) in [5.41, 5.74) is -0.854. The molecular weight excluding hydrogens is 309 g/mol. The third-order valence-corrected chi connectivity index (χ3v) is 4.01. The number of pyridine rings is 1. The van der Waals surface area contributed by atoms with Crippen molar-refractivity contribution >= 4 is 5.65 Å². The van der Waals surface area contributed by atoms with E-state index in [-0.39, 0.29) is 23.9 Å². The first-order valence-corrected chi connectivity index (χ1v) is 7.26. The summed E-state index contributed by atoms with van der Waals surface area (Å²) < 4.78 is 46.1. The predicted molar refractivity (Wildman–Crippen MR) is 78.5 cm³/mol. The number of hydrogen-bond acceptors (Lipinski definition) is 3. The van der Waals surface area contributed by atoms with E-state index in [2.05, 4.69) is 11.6 Å². The summed E-state index contributed by atoms with van der Waals surface area (Å²) in [5.74, 6) is 0.0750. The monoisotopic (exact) mass is 326 g/mol. The third-order valence-electron chi connectivity index (χ3n) is 4.01. The van der Waals surface area contributed by atoms with Gasteiger partial charge >= 0.3 is 6.18 Å². The van der Waals surface area contributed by atoms with E-state index in [1.165, 1.54) is 18.3 Å². The number of hydrogen-bond donors (Lipinski definition) is 1. The number of ether oxygens (including phenoxy) is 1. The fourth-order valence-corrected chi connectivity index (χ4v) is 2.95. The lowest BCUT2D eigenvalue weighted by atomic mass is 9.71. The molecule has 0 atom stereocenters. The second-order valence-electron chi connectivity index (χ2n) is 6.17. The number of aliphatic hydroxyl groups is 1. The van der Waals surface area contributed by atoms with Crippen LogP contribution in [0.3, 0.4) is 0 Å². The van der Waals surface area contributed by atoms with Gasteiger partial charge in [-0.25, -0.2) is 4.98 Å². The van der Waals surface area contributed by atoms with Crippen molar-refractivity contribution in [2.45, 2.75) is 37.5 Å². The van der Waals surface area contributed by atoms with Gasteiger partial charge in [-0.05, 0) is 19.8 Å². The summed E-state index contributed by atoms with van der Waals surface area (Å²) in [6, 6.07) is 2.43. The van der Waals surface area contributed by atoms with Crippen LogP contribution in [-0.4, -0.2) is 26.7 Å². The van der Waals surface area contributed by atoms with Gasteiger partial charge < -0.3 is 9.84 Å². The van der Waals surface area contributed by atoms with Gasteiger partial charge in [-0.2, -0.15) is 13.2 Å². The highest BCUT2D eigenvalue weighted by molar-refractivity contribution is 5.49. The van der Waals surface area contributed by atoms with Gasteiger partial charge in [0.05, 0.1) is 11.3 Å². The van der Waals surface area contributed by atoms with Crippen LogP contribution in [0, 0.1) is 0 Å². The van der Waals surface area contributed by atoms with Crippen molar-refractivity contribution in [1.82, 2.24) is 9.38 Å². The SMILES string of the molecule is C=CCOc1cc(C(F)(F)F)n2cc(C3CC(C)(O)C3)nc2c1. The molecule has 0 unspecified atom stereocenters. The molecular formula is C16H17F3N2O2. The quantitative estimate of drug-likeness (QED) is 0.874.